The topological polar surface area (TPSA) is 105 Å². The van der Waals surface area contributed by atoms with Gasteiger partial charge in [-0.1, -0.05) is 0 Å². The summed E-state index contributed by atoms with van der Waals surface area (Å²) >= 11 is 0. The first-order chi connectivity index (χ1) is 7.29. The molecule has 1 atom stereocenters. The van der Waals surface area contributed by atoms with Crippen LogP contribution in [-0.4, -0.2) is 37.1 Å². The van der Waals surface area contributed by atoms with Crippen molar-refractivity contribution >= 4 is 11.8 Å². The second kappa shape index (κ2) is 6.40. The molecule has 4 N–H and O–H groups in total. The fraction of sp³-hybridized carbons (Fsp3) is 0.714. The third kappa shape index (κ3) is 5.63. The van der Waals surface area contributed by atoms with Crippen molar-refractivity contribution in [3.63, 3.8) is 0 Å². The maximum atomic E-state index is 11.6. The third-order valence-corrected chi connectivity index (χ3v) is 1.42. The Labute approximate surface area is 88.6 Å². The van der Waals surface area contributed by atoms with E-state index in [-0.39, 0.29) is 13.0 Å². The van der Waals surface area contributed by atoms with Gasteiger partial charge in [0.25, 0.3) is 0 Å². The number of rotatable bonds is 6. The smallest absolute Gasteiger partial charge is 0.330 e. The number of hydrogen-bond acceptors (Lipinski definition) is 6. The molecule has 0 aliphatic carbocycles. The molecule has 1 unspecified atom stereocenters. The molecule has 0 aliphatic heterocycles. The Kier molecular flexibility index (Phi) is 5.93. The predicted octanol–water partition coefficient (Wildman–Crippen LogP) is -0.731. The zero-order chi connectivity index (χ0) is 12.8. The number of carbonyl (C=O) groups is 2. The fourth-order valence-electron chi connectivity index (χ4n) is 0.629. The Morgan fingerprint density at radius 1 is 1.31 bits per heavy atom. The summed E-state index contributed by atoms with van der Waals surface area (Å²) in [5, 5.41) is 0. The molecule has 0 heterocycles. The summed E-state index contributed by atoms with van der Waals surface area (Å²) in [6.45, 7) is -0.588. The number of nitrogens with two attached hydrogens (primary N) is 2. The van der Waals surface area contributed by atoms with Crippen LogP contribution in [0.3, 0.4) is 0 Å². The molecule has 0 saturated carbocycles. The minimum Gasteiger partial charge on any atom is -0.330 e. The summed E-state index contributed by atoms with van der Waals surface area (Å²) < 4.78 is 34.8. The second-order valence-corrected chi connectivity index (χ2v) is 2.76. The van der Waals surface area contributed by atoms with Gasteiger partial charge >= 0.3 is 12.1 Å². The van der Waals surface area contributed by atoms with Gasteiger partial charge in [-0.25, -0.2) is 4.79 Å². The van der Waals surface area contributed by atoms with Crippen molar-refractivity contribution in [2.45, 2.75) is 18.6 Å². The summed E-state index contributed by atoms with van der Waals surface area (Å²) in [5.41, 5.74) is 10.2. The number of halogens is 3. The molecule has 16 heavy (non-hydrogen) atoms. The number of hydrogen-bond donors (Lipinski definition) is 2. The maximum absolute atomic E-state index is 11.6. The van der Waals surface area contributed by atoms with Crippen LogP contribution in [0.25, 0.3) is 0 Å². The molecule has 0 aliphatic rings. The quantitative estimate of drug-likeness (QED) is 0.471. The van der Waals surface area contributed by atoms with Gasteiger partial charge in [-0.2, -0.15) is 18.1 Å². The van der Waals surface area contributed by atoms with E-state index in [9.17, 15) is 22.8 Å². The van der Waals surface area contributed by atoms with Crippen molar-refractivity contribution in [3.8, 4) is 0 Å². The summed E-state index contributed by atoms with van der Waals surface area (Å²) in [6, 6.07) is -1.18. The average Bonchev–Trinajstić information content (AvgIpc) is 2.16. The van der Waals surface area contributed by atoms with Crippen molar-refractivity contribution in [2.75, 3.05) is 13.2 Å². The zero-order valence-electron chi connectivity index (χ0n) is 8.12. The van der Waals surface area contributed by atoms with Crippen LogP contribution in [0.2, 0.25) is 0 Å². The van der Waals surface area contributed by atoms with Gasteiger partial charge in [-0.05, 0) is 6.54 Å². The van der Waals surface area contributed by atoms with E-state index in [0.29, 0.717) is 0 Å². The maximum Gasteiger partial charge on any atom is 0.494 e. The van der Waals surface area contributed by atoms with Gasteiger partial charge in [-0.3, -0.25) is 9.68 Å². The van der Waals surface area contributed by atoms with Gasteiger partial charge in [0, 0.05) is 6.42 Å². The molecule has 0 aromatic rings. The standard InChI is InChI=1S/C7H11F3N2O4/c8-7(9,10)6(14)16-15-3-4(12)5(13)1-2-11/h4H,1-3,11-12H2. The van der Waals surface area contributed by atoms with Crippen LogP contribution in [0.15, 0.2) is 0 Å². The van der Waals surface area contributed by atoms with Gasteiger partial charge in [0.1, 0.15) is 6.61 Å². The van der Waals surface area contributed by atoms with Crippen LogP contribution in [0.1, 0.15) is 6.42 Å². The van der Waals surface area contributed by atoms with Gasteiger partial charge in [-0.15, -0.1) is 0 Å². The SMILES string of the molecule is NCCC(=O)C(N)COOC(=O)C(F)(F)F. The molecule has 9 heteroatoms. The van der Waals surface area contributed by atoms with Crippen LogP contribution in [-0.2, 0) is 19.4 Å². The highest BCUT2D eigenvalue weighted by Gasteiger charge is 2.42. The Hall–Kier alpha value is -1.19. The van der Waals surface area contributed by atoms with E-state index in [1.54, 1.807) is 0 Å². The molecule has 0 amide bonds. The number of Topliss-reactive ketones (excluding diaryl/α,β-unsaturated/α-hetero) is 1. The van der Waals surface area contributed by atoms with E-state index in [0.717, 1.165) is 0 Å². The van der Waals surface area contributed by atoms with Gasteiger partial charge < -0.3 is 11.5 Å². The lowest BCUT2D eigenvalue weighted by atomic mass is 10.1. The van der Waals surface area contributed by atoms with Crippen LogP contribution < -0.4 is 11.5 Å². The molecule has 94 valence electrons. The summed E-state index contributed by atoms with van der Waals surface area (Å²) in [4.78, 5) is 28.4. The second-order valence-electron chi connectivity index (χ2n) is 2.76. The van der Waals surface area contributed by atoms with E-state index >= 15 is 0 Å². The Balaban J connectivity index is 3.82. The minimum absolute atomic E-state index is 0.0300. The molecule has 0 fully saturated rings. The predicted molar refractivity (Wildman–Crippen MR) is 44.8 cm³/mol. The first kappa shape index (κ1) is 14.8. The van der Waals surface area contributed by atoms with Crippen LogP contribution in [0.4, 0.5) is 13.2 Å². The molecule has 0 aromatic heterocycles. The fourth-order valence-corrected chi connectivity index (χ4v) is 0.629. The van der Waals surface area contributed by atoms with E-state index in [1.165, 1.54) is 0 Å². The third-order valence-electron chi connectivity index (χ3n) is 1.42. The van der Waals surface area contributed by atoms with Gasteiger partial charge in [0.15, 0.2) is 5.78 Å². The zero-order valence-corrected chi connectivity index (χ0v) is 8.12. The molecule has 0 aromatic carbocycles. The molecular weight excluding hydrogens is 233 g/mol. The molecule has 0 spiro atoms. The van der Waals surface area contributed by atoms with Crippen LogP contribution >= 0.6 is 0 Å². The number of carbonyl (C=O) groups excluding carboxylic acids is 2. The highest BCUT2D eigenvalue weighted by molar-refractivity contribution is 5.84. The highest BCUT2D eigenvalue weighted by Crippen LogP contribution is 2.16. The van der Waals surface area contributed by atoms with Crippen molar-refractivity contribution < 1.29 is 32.5 Å². The summed E-state index contributed by atoms with van der Waals surface area (Å²) in [5.74, 6) is -3.00. The molecule has 0 rings (SSSR count). The van der Waals surface area contributed by atoms with E-state index < -0.39 is 30.6 Å². The van der Waals surface area contributed by atoms with Gasteiger partial charge in [0.2, 0.25) is 0 Å². The summed E-state index contributed by atoms with van der Waals surface area (Å²) in [7, 11) is 0. The Bertz CT molecular complexity index is 257. The molecule has 0 radical (unpaired) electrons. The number of ketones is 1. The van der Waals surface area contributed by atoms with Crippen molar-refractivity contribution in [1.29, 1.82) is 0 Å². The molecule has 6 nitrogen and oxygen atoms in total. The number of alkyl halides is 3. The lowest BCUT2D eigenvalue weighted by molar-refractivity contribution is -0.301. The first-order valence-corrected chi connectivity index (χ1v) is 4.18. The largest absolute Gasteiger partial charge is 0.494 e. The highest BCUT2D eigenvalue weighted by atomic mass is 19.4. The lowest BCUT2D eigenvalue weighted by Crippen LogP contribution is -2.37. The van der Waals surface area contributed by atoms with Crippen molar-refractivity contribution in [2.24, 2.45) is 11.5 Å². The average molecular weight is 244 g/mol. The van der Waals surface area contributed by atoms with Crippen molar-refractivity contribution in [1.82, 2.24) is 0 Å². The summed E-state index contributed by atoms with van der Waals surface area (Å²) in [6.07, 6.45) is -5.18. The Morgan fingerprint density at radius 3 is 2.31 bits per heavy atom. The normalized spacial score (nSPS) is 13.3. The van der Waals surface area contributed by atoms with E-state index in [1.807, 2.05) is 0 Å². The lowest BCUT2D eigenvalue weighted by Gasteiger charge is -2.10. The first-order valence-electron chi connectivity index (χ1n) is 4.18. The molecule has 0 saturated heterocycles. The molecular formula is C7H11F3N2O4. The van der Waals surface area contributed by atoms with Crippen molar-refractivity contribution in [3.05, 3.63) is 0 Å². The molecule has 0 bridgehead atoms. The van der Waals surface area contributed by atoms with Crippen LogP contribution in [0, 0.1) is 0 Å². The minimum atomic E-state index is -5.15. The Morgan fingerprint density at radius 2 is 1.88 bits per heavy atom. The van der Waals surface area contributed by atoms with E-state index in [4.69, 9.17) is 11.5 Å². The monoisotopic (exact) mass is 244 g/mol. The van der Waals surface area contributed by atoms with Gasteiger partial charge in [0.05, 0.1) is 6.04 Å². The van der Waals surface area contributed by atoms with Crippen LogP contribution in [0.5, 0.6) is 0 Å². The van der Waals surface area contributed by atoms with E-state index in [2.05, 4.69) is 9.78 Å².